The molecule has 2 fully saturated rings. The fourth-order valence-electron chi connectivity index (χ4n) is 5.88. The number of carbonyl (C=O) groups is 3. The van der Waals surface area contributed by atoms with Gasteiger partial charge < -0.3 is 29.9 Å². The van der Waals surface area contributed by atoms with Gasteiger partial charge in [-0.3, -0.25) is 14.4 Å². The minimum absolute atomic E-state index is 0.0181. The number of pyridine rings is 1. The van der Waals surface area contributed by atoms with Crippen LogP contribution in [0.3, 0.4) is 0 Å². The lowest BCUT2D eigenvalue weighted by Gasteiger charge is -2.40. The number of benzene rings is 1. The Morgan fingerprint density at radius 1 is 1.27 bits per heavy atom. The van der Waals surface area contributed by atoms with Crippen molar-refractivity contribution in [3.8, 4) is 22.8 Å². The minimum Gasteiger partial charge on any atom is -0.507 e. The van der Waals surface area contributed by atoms with Gasteiger partial charge in [-0.2, -0.15) is 0 Å². The van der Waals surface area contributed by atoms with Crippen LogP contribution in [0.5, 0.6) is 11.5 Å². The summed E-state index contributed by atoms with van der Waals surface area (Å²) in [7, 11) is 1.57. The van der Waals surface area contributed by atoms with Crippen molar-refractivity contribution in [2.45, 2.75) is 31.8 Å². The van der Waals surface area contributed by atoms with Crippen LogP contribution >= 0.6 is 11.6 Å². The number of carbonyl (C=O) groups excluding carboxylic acids is 3. The summed E-state index contributed by atoms with van der Waals surface area (Å²) in [5.41, 5.74) is -0.832. The second-order valence-corrected chi connectivity index (χ2v) is 11.2. The molecular weight excluding hydrogens is 541 g/mol. The molecule has 2 N–H and O–H groups in total. The van der Waals surface area contributed by atoms with Crippen molar-refractivity contribution in [1.29, 1.82) is 0 Å². The maximum absolute atomic E-state index is 15.1. The summed E-state index contributed by atoms with van der Waals surface area (Å²) in [6.45, 7) is 8.49. The molecule has 2 atom stereocenters. The van der Waals surface area contributed by atoms with Crippen molar-refractivity contribution in [2.24, 2.45) is 5.92 Å². The molecule has 5 rings (SSSR count). The SMILES string of the molecule is C=CC(=O)N1CCN2C(=O)c3c(N4CC(C(=O)NC)CC4(C)C)nc(-c4c(O)cccc4F)c(Cl)c3OC[C@H]2C1. The quantitative estimate of drug-likeness (QED) is 0.542. The average Bonchev–Trinajstić information content (AvgIpc) is 3.17. The monoisotopic (exact) mass is 571 g/mol. The lowest BCUT2D eigenvalue weighted by atomic mass is 9.95. The van der Waals surface area contributed by atoms with Crippen molar-refractivity contribution >= 4 is 35.1 Å². The molecule has 0 radical (unpaired) electrons. The Balaban J connectivity index is 1.70. The highest BCUT2D eigenvalue weighted by atomic mass is 35.5. The number of hydrogen-bond acceptors (Lipinski definition) is 7. The smallest absolute Gasteiger partial charge is 0.261 e. The maximum Gasteiger partial charge on any atom is 0.261 e. The summed E-state index contributed by atoms with van der Waals surface area (Å²) in [6.07, 6.45) is 1.71. The first-order chi connectivity index (χ1) is 19.0. The molecule has 3 amide bonds. The van der Waals surface area contributed by atoms with Crippen LogP contribution in [-0.4, -0.2) is 89.0 Å². The van der Waals surface area contributed by atoms with Crippen molar-refractivity contribution < 1.29 is 28.6 Å². The number of halogens is 2. The van der Waals surface area contributed by atoms with Gasteiger partial charge in [-0.1, -0.05) is 24.2 Å². The largest absolute Gasteiger partial charge is 0.507 e. The van der Waals surface area contributed by atoms with Crippen LogP contribution in [0.1, 0.15) is 30.6 Å². The van der Waals surface area contributed by atoms with Crippen LogP contribution < -0.4 is 15.0 Å². The summed E-state index contributed by atoms with van der Waals surface area (Å²) < 4.78 is 21.3. The van der Waals surface area contributed by atoms with E-state index in [1.165, 1.54) is 24.3 Å². The molecule has 0 aliphatic carbocycles. The number of ether oxygens (including phenoxy) is 1. The zero-order chi connectivity index (χ0) is 28.9. The van der Waals surface area contributed by atoms with E-state index in [1.54, 1.807) is 16.8 Å². The molecule has 2 aromatic rings. The first kappa shape index (κ1) is 27.7. The average molecular weight is 572 g/mol. The second-order valence-electron chi connectivity index (χ2n) is 10.8. The summed E-state index contributed by atoms with van der Waals surface area (Å²) in [6, 6.07) is 3.38. The third-order valence-corrected chi connectivity index (χ3v) is 8.27. The lowest BCUT2D eigenvalue weighted by molar-refractivity contribution is -0.128. The number of aromatic nitrogens is 1. The van der Waals surface area contributed by atoms with Gasteiger partial charge in [0.15, 0.2) is 5.75 Å². The number of nitrogens with zero attached hydrogens (tertiary/aromatic N) is 4. The number of phenols is 1. The number of rotatable bonds is 4. The summed E-state index contributed by atoms with van der Waals surface area (Å²) in [4.78, 5) is 48.9. The Labute approximate surface area is 236 Å². The van der Waals surface area contributed by atoms with Gasteiger partial charge in [-0.25, -0.2) is 9.37 Å². The summed E-state index contributed by atoms with van der Waals surface area (Å²) >= 11 is 6.80. The molecule has 4 heterocycles. The molecule has 1 aromatic carbocycles. The van der Waals surface area contributed by atoms with Crippen LogP contribution in [0.25, 0.3) is 11.3 Å². The van der Waals surface area contributed by atoms with E-state index in [-0.39, 0.29) is 83.1 Å². The van der Waals surface area contributed by atoms with Crippen LogP contribution in [0, 0.1) is 11.7 Å². The Hall–Kier alpha value is -3.86. The number of fused-ring (bicyclic) bond motifs is 2. The Kier molecular flexibility index (Phi) is 7.11. The van der Waals surface area contributed by atoms with E-state index >= 15 is 4.39 Å². The number of phenolic OH excluding ortho intramolecular Hbond substituents is 1. The molecule has 2 saturated heterocycles. The Bertz CT molecular complexity index is 1400. The van der Waals surface area contributed by atoms with Crippen LogP contribution in [0.2, 0.25) is 5.02 Å². The van der Waals surface area contributed by atoms with E-state index in [4.69, 9.17) is 21.3 Å². The highest BCUT2D eigenvalue weighted by molar-refractivity contribution is 6.35. The molecule has 1 aromatic heterocycles. The number of piperazine rings is 1. The zero-order valence-electron chi connectivity index (χ0n) is 22.5. The zero-order valence-corrected chi connectivity index (χ0v) is 23.3. The molecule has 0 bridgehead atoms. The van der Waals surface area contributed by atoms with Gasteiger partial charge in [-0.05, 0) is 38.5 Å². The van der Waals surface area contributed by atoms with Gasteiger partial charge >= 0.3 is 0 Å². The molecule has 10 nitrogen and oxygen atoms in total. The number of nitrogens with one attached hydrogen (secondary N) is 1. The minimum atomic E-state index is -0.750. The van der Waals surface area contributed by atoms with Crippen molar-refractivity contribution in [1.82, 2.24) is 20.1 Å². The number of anilines is 1. The van der Waals surface area contributed by atoms with E-state index in [0.29, 0.717) is 13.0 Å². The second kappa shape index (κ2) is 10.3. The van der Waals surface area contributed by atoms with Crippen LogP contribution in [-0.2, 0) is 9.59 Å². The predicted octanol–water partition coefficient (Wildman–Crippen LogP) is 2.83. The van der Waals surface area contributed by atoms with Gasteiger partial charge in [0.2, 0.25) is 11.8 Å². The standard InChI is InChI=1S/C28H31ClFN5O5/c1-5-19(37)33-9-10-34-16(13-33)14-40-24-21(27(34)39)25(35-12-15(26(38)31-4)11-28(35,2)3)32-23(22(24)29)20-17(30)7-6-8-18(20)36/h5-8,15-16,36H,1,9-14H2,2-4H3,(H,31,38)/t15?,16-/m1/s1. The first-order valence-corrected chi connectivity index (χ1v) is 13.4. The normalized spacial score (nSPS) is 21.7. The van der Waals surface area contributed by atoms with Crippen molar-refractivity contribution in [3.05, 3.63) is 47.3 Å². The predicted molar refractivity (Wildman–Crippen MR) is 147 cm³/mol. The topological polar surface area (TPSA) is 115 Å². The molecule has 1 unspecified atom stereocenters. The fraction of sp³-hybridized carbons (Fsp3) is 0.429. The Morgan fingerprint density at radius 2 is 2.02 bits per heavy atom. The van der Waals surface area contributed by atoms with Crippen LogP contribution in [0.15, 0.2) is 30.9 Å². The van der Waals surface area contributed by atoms with Crippen molar-refractivity contribution in [3.63, 3.8) is 0 Å². The first-order valence-electron chi connectivity index (χ1n) is 13.0. The van der Waals surface area contributed by atoms with E-state index in [1.807, 2.05) is 18.7 Å². The highest BCUT2D eigenvalue weighted by Crippen LogP contribution is 2.48. The van der Waals surface area contributed by atoms with Crippen molar-refractivity contribution in [2.75, 3.05) is 44.7 Å². The molecule has 0 saturated carbocycles. The molecular formula is C28H31ClFN5O5. The third kappa shape index (κ3) is 4.51. The highest BCUT2D eigenvalue weighted by Gasteiger charge is 2.47. The van der Waals surface area contributed by atoms with Gasteiger partial charge in [0.25, 0.3) is 5.91 Å². The molecule has 40 heavy (non-hydrogen) atoms. The third-order valence-electron chi connectivity index (χ3n) is 7.92. The molecule has 3 aliphatic rings. The number of hydrogen-bond donors (Lipinski definition) is 2. The van der Waals surface area contributed by atoms with E-state index in [9.17, 15) is 19.5 Å². The Morgan fingerprint density at radius 3 is 2.70 bits per heavy atom. The van der Waals surface area contributed by atoms with Gasteiger partial charge in [0.1, 0.15) is 40.3 Å². The molecule has 12 heteroatoms. The van der Waals surface area contributed by atoms with E-state index in [0.717, 1.165) is 0 Å². The van der Waals surface area contributed by atoms with E-state index in [2.05, 4.69) is 11.9 Å². The molecule has 0 spiro atoms. The number of aromatic hydroxyl groups is 1. The maximum atomic E-state index is 15.1. The fourth-order valence-corrected chi connectivity index (χ4v) is 6.17. The molecule has 212 valence electrons. The summed E-state index contributed by atoms with van der Waals surface area (Å²) in [5, 5.41) is 13.2. The van der Waals surface area contributed by atoms with Gasteiger partial charge in [-0.15, -0.1) is 0 Å². The number of amides is 3. The molecule has 3 aliphatic heterocycles. The lowest BCUT2D eigenvalue weighted by Crippen LogP contribution is -2.57. The van der Waals surface area contributed by atoms with Gasteiger partial charge in [0.05, 0.1) is 17.5 Å². The van der Waals surface area contributed by atoms with E-state index < -0.39 is 23.3 Å². The van der Waals surface area contributed by atoms with Crippen LogP contribution in [0.4, 0.5) is 10.2 Å². The van der Waals surface area contributed by atoms with Gasteiger partial charge in [0, 0.05) is 38.8 Å². The summed E-state index contributed by atoms with van der Waals surface area (Å²) in [5.74, 6) is -2.09.